The van der Waals surface area contributed by atoms with E-state index in [1.54, 1.807) is 0 Å². The normalized spacial score (nSPS) is 26.6. The lowest BCUT2D eigenvalue weighted by molar-refractivity contribution is -0.134. The Morgan fingerprint density at radius 1 is 1.22 bits per heavy atom. The van der Waals surface area contributed by atoms with Gasteiger partial charge in [0, 0.05) is 70.5 Å². The van der Waals surface area contributed by atoms with Crippen molar-refractivity contribution in [2.24, 2.45) is 5.92 Å². The van der Waals surface area contributed by atoms with E-state index in [0.29, 0.717) is 13.0 Å². The first-order valence-electron chi connectivity index (χ1n) is 8.37. The average Bonchev–Trinajstić information content (AvgIpc) is 2.86. The maximum absolute atomic E-state index is 12.4. The van der Waals surface area contributed by atoms with Crippen molar-refractivity contribution in [2.75, 3.05) is 46.3 Å². The molecule has 2 aliphatic rings. The maximum Gasteiger partial charge on any atom is 0.223 e. The first-order valence-corrected chi connectivity index (χ1v) is 8.37. The Balaban J connectivity index is 1.44. The summed E-state index contributed by atoms with van der Waals surface area (Å²) in [6.45, 7) is 5.77. The van der Waals surface area contributed by atoms with Crippen LogP contribution in [0, 0.1) is 5.92 Å². The van der Waals surface area contributed by atoms with E-state index in [1.165, 1.54) is 5.56 Å². The summed E-state index contributed by atoms with van der Waals surface area (Å²) in [7, 11) is 1.99. The lowest BCUT2D eigenvalue weighted by atomic mass is 10.0. The molecule has 0 aromatic carbocycles. The van der Waals surface area contributed by atoms with Crippen molar-refractivity contribution >= 4 is 5.91 Å². The number of carbonyl (C=O) groups is 1. The Kier molecular flexibility index (Phi) is 5.25. The minimum atomic E-state index is -0.364. The molecule has 23 heavy (non-hydrogen) atoms. The van der Waals surface area contributed by atoms with E-state index in [2.05, 4.69) is 14.8 Å². The van der Waals surface area contributed by atoms with E-state index in [-0.39, 0.29) is 17.9 Å². The molecule has 2 aliphatic heterocycles. The third-order valence-corrected chi connectivity index (χ3v) is 4.91. The van der Waals surface area contributed by atoms with Gasteiger partial charge in [-0.3, -0.25) is 14.7 Å². The number of amides is 1. The van der Waals surface area contributed by atoms with Gasteiger partial charge >= 0.3 is 0 Å². The summed E-state index contributed by atoms with van der Waals surface area (Å²) < 4.78 is 0. The summed E-state index contributed by atoms with van der Waals surface area (Å²) in [6.07, 6.45) is 3.74. The molecule has 2 saturated heterocycles. The number of rotatable bonds is 4. The number of aliphatic hydroxyl groups is 1. The molecule has 0 unspecified atom stereocenters. The number of pyridine rings is 1. The molecular weight excluding hydrogens is 292 g/mol. The van der Waals surface area contributed by atoms with Crippen LogP contribution >= 0.6 is 0 Å². The monoisotopic (exact) mass is 318 g/mol. The van der Waals surface area contributed by atoms with E-state index < -0.39 is 0 Å². The second-order valence-electron chi connectivity index (χ2n) is 6.77. The molecular formula is C17H26N4O2. The first-order chi connectivity index (χ1) is 11.1. The number of hydrogen-bond acceptors (Lipinski definition) is 5. The molecule has 0 bridgehead atoms. The van der Waals surface area contributed by atoms with Crippen LogP contribution in [0.1, 0.15) is 12.0 Å². The van der Waals surface area contributed by atoms with Crippen LogP contribution in [0.4, 0.5) is 0 Å². The van der Waals surface area contributed by atoms with Crippen molar-refractivity contribution in [1.82, 2.24) is 19.7 Å². The van der Waals surface area contributed by atoms with Gasteiger partial charge in [-0.1, -0.05) is 0 Å². The number of aliphatic hydroxyl groups excluding tert-OH is 1. The van der Waals surface area contributed by atoms with Crippen LogP contribution in [0.2, 0.25) is 0 Å². The minimum Gasteiger partial charge on any atom is -0.391 e. The maximum atomic E-state index is 12.4. The van der Waals surface area contributed by atoms with Gasteiger partial charge in [-0.05, 0) is 24.7 Å². The summed E-state index contributed by atoms with van der Waals surface area (Å²) >= 11 is 0. The summed E-state index contributed by atoms with van der Waals surface area (Å²) in [5, 5.41) is 9.99. The fourth-order valence-corrected chi connectivity index (χ4v) is 3.52. The van der Waals surface area contributed by atoms with Crippen LogP contribution in [0.15, 0.2) is 24.5 Å². The molecule has 0 spiro atoms. The van der Waals surface area contributed by atoms with Crippen molar-refractivity contribution in [3.8, 4) is 0 Å². The fraction of sp³-hybridized carbons (Fsp3) is 0.647. The summed E-state index contributed by atoms with van der Waals surface area (Å²) in [6, 6.07) is 4.07. The Morgan fingerprint density at radius 2 is 1.91 bits per heavy atom. The molecule has 126 valence electrons. The third kappa shape index (κ3) is 4.28. The topological polar surface area (TPSA) is 59.9 Å². The van der Waals surface area contributed by atoms with E-state index in [1.807, 2.05) is 36.5 Å². The van der Waals surface area contributed by atoms with E-state index >= 15 is 0 Å². The van der Waals surface area contributed by atoms with Gasteiger partial charge in [0.15, 0.2) is 0 Å². The van der Waals surface area contributed by atoms with Gasteiger partial charge in [-0.2, -0.15) is 0 Å². The van der Waals surface area contributed by atoms with Crippen LogP contribution in [0.3, 0.4) is 0 Å². The zero-order valence-electron chi connectivity index (χ0n) is 13.8. The average molecular weight is 318 g/mol. The molecule has 3 rings (SSSR count). The molecule has 0 aliphatic carbocycles. The number of likely N-dealkylation sites (N-methyl/N-ethyl adjacent to an activating group) is 1. The molecule has 6 heteroatoms. The number of likely N-dealkylation sites (tertiary alicyclic amines) is 1. The quantitative estimate of drug-likeness (QED) is 0.849. The summed E-state index contributed by atoms with van der Waals surface area (Å²) in [5.41, 5.74) is 1.26. The predicted octanol–water partition coefficient (Wildman–Crippen LogP) is 0.0384. The Bertz CT molecular complexity index is 517. The number of piperazine rings is 1. The van der Waals surface area contributed by atoms with E-state index in [4.69, 9.17) is 0 Å². The zero-order valence-corrected chi connectivity index (χ0v) is 13.8. The third-order valence-electron chi connectivity index (χ3n) is 4.91. The summed E-state index contributed by atoms with van der Waals surface area (Å²) in [4.78, 5) is 22.9. The van der Waals surface area contributed by atoms with Crippen molar-refractivity contribution in [3.05, 3.63) is 30.1 Å². The van der Waals surface area contributed by atoms with Crippen molar-refractivity contribution in [1.29, 1.82) is 0 Å². The molecule has 1 aromatic heterocycles. The Morgan fingerprint density at radius 3 is 2.52 bits per heavy atom. The van der Waals surface area contributed by atoms with Crippen molar-refractivity contribution in [2.45, 2.75) is 19.1 Å². The van der Waals surface area contributed by atoms with Crippen LogP contribution in [0.5, 0.6) is 0 Å². The fourth-order valence-electron chi connectivity index (χ4n) is 3.52. The molecule has 2 atom stereocenters. The lowest BCUT2D eigenvalue weighted by Crippen LogP contribution is -2.48. The number of aromatic nitrogens is 1. The summed E-state index contributed by atoms with van der Waals surface area (Å²) in [5.74, 6) is 0.273. The van der Waals surface area contributed by atoms with Gasteiger partial charge in [-0.25, -0.2) is 0 Å². The van der Waals surface area contributed by atoms with Crippen LogP contribution < -0.4 is 0 Å². The van der Waals surface area contributed by atoms with Gasteiger partial charge in [0.1, 0.15) is 0 Å². The van der Waals surface area contributed by atoms with Crippen LogP contribution in [-0.4, -0.2) is 83.1 Å². The van der Waals surface area contributed by atoms with Gasteiger partial charge in [0.05, 0.1) is 6.10 Å². The van der Waals surface area contributed by atoms with Crippen LogP contribution in [-0.2, 0) is 11.3 Å². The Labute approximate surface area is 137 Å². The largest absolute Gasteiger partial charge is 0.391 e. The number of carbonyl (C=O) groups excluding carboxylic acids is 1. The molecule has 2 fully saturated rings. The van der Waals surface area contributed by atoms with Crippen molar-refractivity contribution < 1.29 is 9.90 Å². The first kappa shape index (κ1) is 16.4. The highest BCUT2D eigenvalue weighted by atomic mass is 16.3. The molecule has 0 radical (unpaired) electrons. The number of hydrogen-bond donors (Lipinski definition) is 1. The minimum absolute atomic E-state index is 0.0855. The second kappa shape index (κ2) is 7.38. The molecule has 0 saturated carbocycles. The SMILES string of the molecule is CN1C[C@@H](CC(=O)N2CCN(Cc3ccncc3)CC2)[C@H](O)C1. The number of β-amino-alcohol motifs (C(OH)–C–C–N with tert-alkyl or cyclic N) is 1. The number of nitrogens with zero attached hydrogens (tertiary/aromatic N) is 4. The van der Waals surface area contributed by atoms with E-state index in [0.717, 1.165) is 39.3 Å². The molecule has 1 aromatic rings. The highest BCUT2D eigenvalue weighted by Crippen LogP contribution is 2.20. The smallest absolute Gasteiger partial charge is 0.223 e. The predicted molar refractivity (Wildman–Crippen MR) is 87.7 cm³/mol. The van der Waals surface area contributed by atoms with Gasteiger partial charge in [0.2, 0.25) is 5.91 Å². The lowest BCUT2D eigenvalue weighted by Gasteiger charge is -2.35. The second-order valence-corrected chi connectivity index (χ2v) is 6.77. The molecule has 1 N–H and O–H groups in total. The molecule has 3 heterocycles. The molecule has 6 nitrogen and oxygen atoms in total. The van der Waals surface area contributed by atoms with E-state index in [9.17, 15) is 9.90 Å². The van der Waals surface area contributed by atoms with Gasteiger partial charge in [-0.15, -0.1) is 0 Å². The Hall–Kier alpha value is -1.50. The van der Waals surface area contributed by atoms with Crippen LogP contribution in [0.25, 0.3) is 0 Å². The standard InChI is InChI=1S/C17H26N4O2/c1-19-12-15(16(22)13-19)10-17(23)21-8-6-20(7-9-21)11-14-2-4-18-5-3-14/h2-5,15-16,22H,6-13H2,1H3/t15-,16-/m1/s1. The molecule has 1 amide bonds. The zero-order chi connectivity index (χ0) is 16.2. The van der Waals surface area contributed by atoms with Gasteiger partial charge in [0.25, 0.3) is 0 Å². The highest BCUT2D eigenvalue weighted by molar-refractivity contribution is 5.76. The highest BCUT2D eigenvalue weighted by Gasteiger charge is 2.32. The van der Waals surface area contributed by atoms with Gasteiger partial charge < -0.3 is 14.9 Å². The van der Waals surface area contributed by atoms with Crippen molar-refractivity contribution in [3.63, 3.8) is 0 Å².